The van der Waals surface area contributed by atoms with Crippen molar-refractivity contribution >= 4 is 23.5 Å². The van der Waals surface area contributed by atoms with Gasteiger partial charge in [0.25, 0.3) is 0 Å². The van der Waals surface area contributed by atoms with E-state index in [0.717, 1.165) is 61.3 Å². The lowest BCUT2D eigenvalue weighted by molar-refractivity contribution is -0.113. The smallest absolute Gasteiger partial charge is 0.235 e. The Kier molecular flexibility index (Phi) is 6.66. The largest absolute Gasteiger partial charge is 0.496 e. The Morgan fingerprint density at radius 2 is 2.17 bits per heavy atom. The highest BCUT2D eigenvalue weighted by Crippen LogP contribution is 2.35. The molecule has 0 saturated carbocycles. The molecule has 0 spiro atoms. The first kappa shape index (κ1) is 20.8. The van der Waals surface area contributed by atoms with Crippen LogP contribution in [0, 0.1) is 11.3 Å². The average molecular weight is 426 g/mol. The number of hydrogen-bond donors (Lipinski definition) is 1. The molecule has 7 heteroatoms. The van der Waals surface area contributed by atoms with Crippen molar-refractivity contribution in [3.63, 3.8) is 0 Å². The Balaban J connectivity index is 1.55. The summed E-state index contributed by atoms with van der Waals surface area (Å²) in [7, 11) is 1.63. The van der Waals surface area contributed by atoms with E-state index >= 15 is 0 Å². The van der Waals surface area contributed by atoms with Crippen molar-refractivity contribution < 1.29 is 14.3 Å². The number of nitriles is 1. The molecule has 0 radical (unpaired) electrons. The molecule has 2 aliphatic rings. The lowest BCUT2D eigenvalue weighted by atomic mass is 9.95. The number of carbonyl (C=O) groups is 1. The number of anilines is 1. The molecule has 1 N–H and O–H groups in total. The van der Waals surface area contributed by atoms with Crippen LogP contribution in [-0.2, 0) is 28.9 Å². The van der Waals surface area contributed by atoms with Crippen molar-refractivity contribution in [2.24, 2.45) is 0 Å². The van der Waals surface area contributed by atoms with Gasteiger partial charge in [0.2, 0.25) is 5.91 Å². The van der Waals surface area contributed by atoms with Gasteiger partial charge in [-0.1, -0.05) is 12.1 Å². The maximum atomic E-state index is 12.8. The average Bonchev–Trinajstić information content (AvgIpc) is 3.39. The molecule has 0 bridgehead atoms. The number of fused-ring (bicyclic) bond motifs is 1. The molecule has 2 aromatic rings. The molecule has 1 aromatic heterocycles. The molecule has 6 nitrogen and oxygen atoms in total. The molecule has 158 valence electrons. The van der Waals surface area contributed by atoms with Crippen molar-refractivity contribution in [3.8, 4) is 11.8 Å². The number of para-hydroxylation sites is 1. The monoisotopic (exact) mass is 425 g/mol. The highest BCUT2D eigenvalue weighted by Gasteiger charge is 2.28. The van der Waals surface area contributed by atoms with Gasteiger partial charge in [-0.15, -0.1) is 11.8 Å². The van der Waals surface area contributed by atoms with Crippen molar-refractivity contribution in [2.75, 3.05) is 24.8 Å². The summed E-state index contributed by atoms with van der Waals surface area (Å²) in [5.74, 6) is 1.53. The van der Waals surface area contributed by atoms with E-state index in [1.807, 2.05) is 24.3 Å². The van der Waals surface area contributed by atoms with Crippen LogP contribution in [-0.4, -0.2) is 36.0 Å². The number of carbonyl (C=O) groups excluding carboxylic acids is 1. The fraction of sp³-hybridized carbons (Fsp3) is 0.478. The van der Waals surface area contributed by atoms with Crippen LogP contribution >= 0.6 is 11.8 Å². The first-order chi connectivity index (χ1) is 14.7. The second kappa shape index (κ2) is 9.59. The summed E-state index contributed by atoms with van der Waals surface area (Å²) in [6.07, 6.45) is 6.28. The number of thioether (sulfide) groups is 1. The minimum atomic E-state index is -0.120. The van der Waals surface area contributed by atoms with E-state index in [2.05, 4.69) is 16.0 Å². The topological polar surface area (TPSA) is 76.3 Å². The van der Waals surface area contributed by atoms with Gasteiger partial charge in [0.1, 0.15) is 17.6 Å². The van der Waals surface area contributed by atoms with Gasteiger partial charge < -0.3 is 19.4 Å². The number of ether oxygens (including phenoxy) is 2. The van der Waals surface area contributed by atoms with E-state index < -0.39 is 0 Å². The van der Waals surface area contributed by atoms with Gasteiger partial charge in [0, 0.05) is 17.2 Å². The highest BCUT2D eigenvalue weighted by molar-refractivity contribution is 8.00. The van der Waals surface area contributed by atoms with Crippen LogP contribution in [0.25, 0.3) is 0 Å². The van der Waals surface area contributed by atoms with E-state index in [9.17, 15) is 10.1 Å². The SMILES string of the molecule is COc1ccccc1SCC(=O)Nc1c(C#N)c2c(n1CC1CCCO1)CCCC2. The third-order valence-electron chi connectivity index (χ3n) is 5.78. The van der Waals surface area contributed by atoms with Crippen LogP contribution in [0.2, 0.25) is 0 Å². The molecule has 1 atom stereocenters. The quantitative estimate of drug-likeness (QED) is 0.674. The zero-order valence-electron chi connectivity index (χ0n) is 17.3. The van der Waals surface area contributed by atoms with E-state index in [4.69, 9.17) is 9.47 Å². The maximum Gasteiger partial charge on any atom is 0.235 e. The molecule has 1 aliphatic carbocycles. The standard InChI is InChI=1S/C23H27N3O3S/c1-28-20-10-4-5-11-21(20)30-15-22(27)25-23-18(13-24)17-8-2-3-9-19(17)26(23)14-16-7-6-12-29-16/h4-5,10-11,16H,2-3,6-9,12,14-15H2,1H3,(H,25,27). The third kappa shape index (κ3) is 4.35. The summed E-state index contributed by atoms with van der Waals surface area (Å²) >= 11 is 1.43. The van der Waals surface area contributed by atoms with Gasteiger partial charge >= 0.3 is 0 Å². The molecule has 2 heterocycles. The Morgan fingerprint density at radius 3 is 2.93 bits per heavy atom. The first-order valence-electron chi connectivity index (χ1n) is 10.5. The highest BCUT2D eigenvalue weighted by atomic mass is 32.2. The minimum Gasteiger partial charge on any atom is -0.496 e. The minimum absolute atomic E-state index is 0.120. The van der Waals surface area contributed by atoms with Crippen LogP contribution in [0.15, 0.2) is 29.2 Å². The van der Waals surface area contributed by atoms with Gasteiger partial charge in [0.05, 0.1) is 31.1 Å². The predicted molar refractivity (Wildman–Crippen MR) is 117 cm³/mol. The van der Waals surface area contributed by atoms with Gasteiger partial charge in [-0.25, -0.2) is 0 Å². The van der Waals surface area contributed by atoms with Crippen LogP contribution < -0.4 is 10.1 Å². The van der Waals surface area contributed by atoms with Crippen LogP contribution in [0.4, 0.5) is 5.82 Å². The summed E-state index contributed by atoms with van der Waals surface area (Å²) in [4.78, 5) is 13.8. The Labute approximate surface area is 181 Å². The molecule has 4 rings (SSSR count). The third-order valence-corrected chi connectivity index (χ3v) is 6.84. The number of rotatable bonds is 7. The fourth-order valence-electron chi connectivity index (χ4n) is 4.36. The van der Waals surface area contributed by atoms with Crippen molar-refractivity contribution in [2.45, 2.75) is 56.1 Å². The molecule has 1 aromatic carbocycles. The second-order valence-corrected chi connectivity index (χ2v) is 8.72. The molecular weight excluding hydrogens is 398 g/mol. The first-order valence-corrected chi connectivity index (χ1v) is 11.5. The molecule has 1 saturated heterocycles. The van der Waals surface area contributed by atoms with Gasteiger partial charge in [0.15, 0.2) is 0 Å². The van der Waals surface area contributed by atoms with Gasteiger partial charge in [-0.3, -0.25) is 4.79 Å². The number of nitrogens with zero attached hydrogens (tertiary/aromatic N) is 2. The van der Waals surface area contributed by atoms with Gasteiger partial charge in [-0.2, -0.15) is 5.26 Å². The Hall–Kier alpha value is -2.43. The lowest BCUT2D eigenvalue weighted by Crippen LogP contribution is -2.23. The van der Waals surface area contributed by atoms with E-state index in [1.165, 1.54) is 17.5 Å². The molecule has 1 aliphatic heterocycles. The Morgan fingerprint density at radius 1 is 1.33 bits per heavy atom. The Bertz CT molecular complexity index is 957. The summed E-state index contributed by atoms with van der Waals surface area (Å²) in [5.41, 5.74) is 2.92. The van der Waals surface area contributed by atoms with E-state index in [-0.39, 0.29) is 17.8 Å². The summed E-state index contributed by atoms with van der Waals surface area (Å²) in [5, 5.41) is 12.9. The normalized spacial score (nSPS) is 17.9. The number of amides is 1. The number of methoxy groups -OCH3 is 1. The van der Waals surface area contributed by atoms with Crippen molar-refractivity contribution in [3.05, 3.63) is 41.1 Å². The number of aromatic nitrogens is 1. The van der Waals surface area contributed by atoms with Crippen molar-refractivity contribution in [1.82, 2.24) is 4.57 Å². The van der Waals surface area contributed by atoms with Crippen molar-refractivity contribution in [1.29, 1.82) is 5.26 Å². The van der Waals surface area contributed by atoms with E-state index in [1.54, 1.807) is 7.11 Å². The van der Waals surface area contributed by atoms with Gasteiger partial charge in [-0.05, 0) is 56.2 Å². The summed E-state index contributed by atoms with van der Waals surface area (Å²) in [6.45, 7) is 1.48. The summed E-state index contributed by atoms with van der Waals surface area (Å²) in [6, 6.07) is 10.0. The molecule has 30 heavy (non-hydrogen) atoms. The number of nitrogens with one attached hydrogen (secondary N) is 1. The molecule has 1 unspecified atom stereocenters. The zero-order chi connectivity index (χ0) is 20.9. The fourth-order valence-corrected chi connectivity index (χ4v) is 5.19. The summed E-state index contributed by atoms with van der Waals surface area (Å²) < 4.78 is 13.4. The van der Waals surface area contributed by atoms with Crippen LogP contribution in [0.1, 0.15) is 42.5 Å². The van der Waals surface area contributed by atoms with Crippen LogP contribution in [0.3, 0.4) is 0 Å². The zero-order valence-corrected chi connectivity index (χ0v) is 18.1. The molecule has 1 amide bonds. The molecule has 1 fully saturated rings. The molecular formula is C23H27N3O3S. The predicted octanol–water partition coefficient (Wildman–Crippen LogP) is 4.16. The number of hydrogen-bond acceptors (Lipinski definition) is 5. The lowest BCUT2D eigenvalue weighted by Gasteiger charge is -2.20. The van der Waals surface area contributed by atoms with E-state index in [0.29, 0.717) is 17.9 Å². The number of benzene rings is 1. The second-order valence-electron chi connectivity index (χ2n) is 7.70. The maximum absolute atomic E-state index is 12.8. The van der Waals surface area contributed by atoms with Crippen LogP contribution in [0.5, 0.6) is 5.75 Å².